The molecule has 0 bridgehead atoms. The van der Waals surface area contributed by atoms with Gasteiger partial charge >= 0.3 is 0 Å². The van der Waals surface area contributed by atoms with E-state index in [-0.39, 0.29) is 30.4 Å². The van der Waals surface area contributed by atoms with Crippen molar-refractivity contribution in [2.75, 3.05) is 26.2 Å². The monoisotopic (exact) mass is 304 g/mol. The zero-order chi connectivity index (χ0) is 15.9. The van der Waals surface area contributed by atoms with Crippen LogP contribution in [0.5, 0.6) is 0 Å². The molecule has 0 aromatic carbocycles. The van der Waals surface area contributed by atoms with Crippen molar-refractivity contribution in [1.82, 2.24) is 19.8 Å². The summed E-state index contributed by atoms with van der Waals surface area (Å²) < 4.78 is 0. The maximum absolute atomic E-state index is 12.3. The number of Topliss-reactive ketones (excluding diaryl/α,β-unsaturated/α-hetero) is 1. The van der Waals surface area contributed by atoms with Crippen LogP contribution in [-0.4, -0.2) is 63.5 Å². The summed E-state index contributed by atoms with van der Waals surface area (Å²) in [7, 11) is 0. The highest BCUT2D eigenvalue weighted by Gasteiger charge is 2.23. The molecule has 0 radical (unpaired) electrons. The summed E-state index contributed by atoms with van der Waals surface area (Å²) in [5, 5.41) is 0. The molecular formula is C15H20N4O3. The van der Waals surface area contributed by atoms with E-state index in [2.05, 4.69) is 9.97 Å². The van der Waals surface area contributed by atoms with Crippen LogP contribution in [0.1, 0.15) is 36.7 Å². The molecule has 7 nitrogen and oxygen atoms in total. The maximum Gasteiger partial charge on any atom is 0.274 e. The fraction of sp³-hybridized carbons (Fsp3) is 0.533. The summed E-state index contributed by atoms with van der Waals surface area (Å²) in [4.78, 5) is 46.7. The van der Waals surface area contributed by atoms with E-state index in [4.69, 9.17) is 0 Å². The van der Waals surface area contributed by atoms with Gasteiger partial charge in [-0.3, -0.25) is 14.6 Å². The van der Waals surface area contributed by atoms with Crippen molar-refractivity contribution in [3.8, 4) is 0 Å². The molecule has 2 heterocycles. The SMILES string of the molecule is CC(=O)CCC(=O)N1CCCN(C(=O)c2cnccn2)CC1. The van der Waals surface area contributed by atoms with E-state index < -0.39 is 0 Å². The minimum absolute atomic E-state index is 0.0163. The van der Waals surface area contributed by atoms with Gasteiger partial charge in [0.1, 0.15) is 11.5 Å². The first-order chi connectivity index (χ1) is 10.6. The molecule has 1 fully saturated rings. The molecule has 0 atom stereocenters. The van der Waals surface area contributed by atoms with Gasteiger partial charge in [0.25, 0.3) is 5.91 Å². The average Bonchev–Trinajstić information content (AvgIpc) is 2.78. The number of amides is 2. The number of hydrogen-bond acceptors (Lipinski definition) is 5. The Hall–Kier alpha value is -2.31. The van der Waals surface area contributed by atoms with Gasteiger partial charge in [0, 0.05) is 51.4 Å². The molecule has 22 heavy (non-hydrogen) atoms. The molecule has 0 N–H and O–H groups in total. The number of aromatic nitrogens is 2. The zero-order valence-electron chi connectivity index (χ0n) is 12.7. The van der Waals surface area contributed by atoms with E-state index >= 15 is 0 Å². The van der Waals surface area contributed by atoms with Gasteiger partial charge in [-0.2, -0.15) is 0 Å². The lowest BCUT2D eigenvalue weighted by atomic mass is 10.2. The summed E-state index contributed by atoms with van der Waals surface area (Å²) in [6.45, 7) is 3.65. The van der Waals surface area contributed by atoms with Crippen LogP contribution in [0.4, 0.5) is 0 Å². The van der Waals surface area contributed by atoms with E-state index in [0.29, 0.717) is 31.9 Å². The molecule has 118 valence electrons. The van der Waals surface area contributed by atoms with Crippen LogP contribution < -0.4 is 0 Å². The topological polar surface area (TPSA) is 83.5 Å². The van der Waals surface area contributed by atoms with Crippen molar-refractivity contribution in [3.63, 3.8) is 0 Å². The molecule has 0 saturated carbocycles. The van der Waals surface area contributed by atoms with Crippen molar-refractivity contribution in [2.45, 2.75) is 26.2 Å². The third-order valence-electron chi connectivity index (χ3n) is 3.61. The fourth-order valence-corrected chi connectivity index (χ4v) is 2.38. The Morgan fingerprint density at radius 3 is 2.45 bits per heavy atom. The van der Waals surface area contributed by atoms with E-state index in [1.165, 1.54) is 25.5 Å². The van der Waals surface area contributed by atoms with Gasteiger partial charge in [0.05, 0.1) is 6.20 Å². The van der Waals surface area contributed by atoms with Crippen LogP contribution in [0, 0.1) is 0 Å². The Balaban J connectivity index is 1.91. The van der Waals surface area contributed by atoms with Crippen LogP contribution in [0.3, 0.4) is 0 Å². The van der Waals surface area contributed by atoms with Crippen molar-refractivity contribution >= 4 is 17.6 Å². The molecule has 7 heteroatoms. The first-order valence-electron chi connectivity index (χ1n) is 7.40. The summed E-state index contributed by atoms with van der Waals surface area (Å²) >= 11 is 0. The van der Waals surface area contributed by atoms with Gasteiger partial charge in [-0.25, -0.2) is 4.98 Å². The average molecular weight is 304 g/mol. The van der Waals surface area contributed by atoms with Crippen LogP contribution in [-0.2, 0) is 9.59 Å². The van der Waals surface area contributed by atoms with E-state index in [0.717, 1.165) is 6.42 Å². The number of hydrogen-bond donors (Lipinski definition) is 0. The molecule has 1 aliphatic heterocycles. The van der Waals surface area contributed by atoms with Crippen LogP contribution in [0.25, 0.3) is 0 Å². The smallest absolute Gasteiger partial charge is 0.274 e. The van der Waals surface area contributed by atoms with Gasteiger partial charge in [0.2, 0.25) is 5.91 Å². The van der Waals surface area contributed by atoms with Gasteiger partial charge in [-0.05, 0) is 13.3 Å². The quantitative estimate of drug-likeness (QED) is 0.810. The maximum atomic E-state index is 12.3. The Labute approximate surface area is 129 Å². The molecule has 2 rings (SSSR count). The predicted molar refractivity (Wildman–Crippen MR) is 79.0 cm³/mol. The van der Waals surface area contributed by atoms with Crippen molar-refractivity contribution in [3.05, 3.63) is 24.3 Å². The highest BCUT2D eigenvalue weighted by molar-refractivity contribution is 5.92. The van der Waals surface area contributed by atoms with Crippen LogP contribution in [0.15, 0.2) is 18.6 Å². The summed E-state index contributed by atoms with van der Waals surface area (Å²) in [5.41, 5.74) is 0.318. The van der Waals surface area contributed by atoms with E-state index in [1.807, 2.05) is 0 Å². The number of nitrogens with zero attached hydrogens (tertiary/aromatic N) is 4. The largest absolute Gasteiger partial charge is 0.341 e. The summed E-state index contributed by atoms with van der Waals surface area (Å²) in [5.74, 6) is -0.169. The Morgan fingerprint density at radius 1 is 1.05 bits per heavy atom. The minimum atomic E-state index is -0.161. The molecule has 2 amide bonds. The Kier molecular flexibility index (Phi) is 5.57. The first kappa shape index (κ1) is 16.1. The first-order valence-corrected chi connectivity index (χ1v) is 7.40. The highest BCUT2D eigenvalue weighted by Crippen LogP contribution is 2.09. The van der Waals surface area contributed by atoms with Crippen molar-refractivity contribution < 1.29 is 14.4 Å². The van der Waals surface area contributed by atoms with Gasteiger partial charge in [0.15, 0.2) is 0 Å². The Morgan fingerprint density at radius 2 is 1.77 bits per heavy atom. The second-order valence-electron chi connectivity index (χ2n) is 5.32. The second kappa shape index (κ2) is 7.63. The number of rotatable bonds is 4. The number of carbonyl (C=O) groups excluding carboxylic acids is 3. The highest BCUT2D eigenvalue weighted by atomic mass is 16.2. The lowest BCUT2D eigenvalue weighted by Crippen LogP contribution is -2.37. The Bertz CT molecular complexity index is 547. The van der Waals surface area contributed by atoms with E-state index in [1.54, 1.807) is 9.80 Å². The van der Waals surface area contributed by atoms with Gasteiger partial charge in [-0.15, -0.1) is 0 Å². The summed E-state index contributed by atoms with van der Waals surface area (Å²) in [6, 6.07) is 0. The van der Waals surface area contributed by atoms with E-state index in [9.17, 15) is 14.4 Å². The lowest BCUT2D eigenvalue weighted by Gasteiger charge is -2.21. The molecule has 0 spiro atoms. The zero-order valence-corrected chi connectivity index (χ0v) is 12.7. The molecule has 0 aliphatic carbocycles. The van der Waals surface area contributed by atoms with Crippen molar-refractivity contribution in [1.29, 1.82) is 0 Å². The molecule has 1 aromatic heterocycles. The molecule has 1 aromatic rings. The minimum Gasteiger partial charge on any atom is -0.341 e. The molecule has 1 aliphatic rings. The number of carbonyl (C=O) groups is 3. The molecule has 1 saturated heterocycles. The molecular weight excluding hydrogens is 284 g/mol. The van der Waals surface area contributed by atoms with Gasteiger partial charge < -0.3 is 14.6 Å². The second-order valence-corrected chi connectivity index (χ2v) is 5.32. The van der Waals surface area contributed by atoms with Gasteiger partial charge in [-0.1, -0.05) is 0 Å². The normalized spacial score (nSPS) is 15.3. The summed E-state index contributed by atoms with van der Waals surface area (Å²) in [6.07, 6.45) is 5.70. The predicted octanol–water partition coefficient (Wildman–Crippen LogP) is 0.520. The standard InChI is InChI=1S/C15H20N4O3/c1-12(20)3-4-14(21)18-7-2-8-19(10-9-18)15(22)13-11-16-5-6-17-13/h5-6,11H,2-4,7-10H2,1H3. The molecule has 0 unspecified atom stereocenters. The fourth-order valence-electron chi connectivity index (χ4n) is 2.38. The third-order valence-corrected chi connectivity index (χ3v) is 3.61. The lowest BCUT2D eigenvalue weighted by molar-refractivity contribution is -0.132. The van der Waals surface area contributed by atoms with Crippen LogP contribution in [0.2, 0.25) is 0 Å². The van der Waals surface area contributed by atoms with Crippen molar-refractivity contribution in [2.24, 2.45) is 0 Å². The number of ketones is 1. The van der Waals surface area contributed by atoms with Crippen LogP contribution >= 0.6 is 0 Å². The third kappa shape index (κ3) is 4.34.